The molecule has 2 unspecified atom stereocenters. The molecule has 0 bridgehead atoms. The minimum absolute atomic E-state index is 0.238. The lowest BCUT2D eigenvalue weighted by molar-refractivity contribution is -0.137. The molecule has 1 aliphatic rings. The highest BCUT2D eigenvalue weighted by molar-refractivity contribution is 5.26. The average Bonchev–Trinajstić information content (AvgIpc) is 2.86. The van der Waals surface area contributed by atoms with Crippen LogP contribution in [0.1, 0.15) is 37.4 Å². The molecular formula is C16H23F3N2. The minimum atomic E-state index is -4.29. The van der Waals surface area contributed by atoms with Crippen LogP contribution in [0.2, 0.25) is 0 Å². The number of likely N-dealkylation sites (tertiary alicyclic amines) is 1. The van der Waals surface area contributed by atoms with E-state index in [9.17, 15) is 13.2 Å². The number of alkyl halides is 3. The van der Waals surface area contributed by atoms with Crippen LogP contribution in [0.5, 0.6) is 0 Å². The van der Waals surface area contributed by atoms with Crippen LogP contribution < -0.4 is 5.73 Å². The third-order valence-corrected chi connectivity index (χ3v) is 4.37. The Kier molecular flexibility index (Phi) is 4.94. The summed E-state index contributed by atoms with van der Waals surface area (Å²) in [5, 5.41) is 0. The maximum Gasteiger partial charge on any atom is 0.416 e. The quantitative estimate of drug-likeness (QED) is 0.919. The van der Waals surface area contributed by atoms with Crippen LogP contribution >= 0.6 is 0 Å². The lowest BCUT2D eigenvalue weighted by atomic mass is 9.95. The maximum atomic E-state index is 12.5. The van der Waals surface area contributed by atoms with Gasteiger partial charge in [0, 0.05) is 19.1 Å². The fraction of sp³-hybridized carbons (Fsp3) is 0.625. The molecule has 2 rings (SSSR count). The monoisotopic (exact) mass is 300 g/mol. The number of nitrogens with zero attached hydrogens (tertiary/aromatic N) is 1. The number of benzene rings is 1. The first kappa shape index (κ1) is 16.3. The molecule has 0 spiro atoms. The largest absolute Gasteiger partial charge is 0.416 e. The summed E-state index contributed by atoms with van der Waals surface area (Å²) in [6.45, 7) is 7.21. The van der Waals surface area contributed by atoms with Gasteiger partial charge in [0.05, 0.1) is 5.56 Å². The zero-order valence-electron chi connectivity index (χ0n) is 12.5. The van der Waals surface area contributed by atoms with Crippen LogP contribution in [0, 0.1) is 11.8 Å². The summed E-state index contributed by atoms with van der Waals surface area (Å²) in [6.07, 6.45) is -3.11. The van der Waals surface area contributed by atoms with Gasteiger partial charge in [-0.25, -0.2) is 0 Å². The van der Waals surface area contributed by atoms with Gasteiger partial charge in [-0.05, 0) is 42.5 Å². The van der Waals surface area contributed by atoms with E-state index in [-0.39, 0.29) is 6.04 Å². The van der Waals surface area contributed by atoms with E-state index in [0.717, 1.165) is 30.8 Å². The first-order valence-corrected chi connectivity index (χ1v) is 7.42. The number of nitrogens with two attached hydrogens (primary N) is 1. The molecule has 2 N–H and O–H groups in total. The van der Waals surface area contributed by atoms with Crippen LogP contribution in [-0.4, -0.2) is 24.5 Å². The van der Waals surface area contributed by atoms with Crippen molar-refractivity contribution in [2.75, 3.05) is 19.6 Å². The first-order chi connectivity index (χ1) is 9.77. The molecule has 0 radical (unpaired) electrons. The van der Waals surface area contributed by atoms with Gasteiger partial charge < -0.3 is 10.6 Å². The molecule has 1 aromatic carbocycles. The van der Waals surface area contributed by atoms with Crippen LogP contribution in [0.4, 0.5) is 13.2 Å². The molecule has 0 amide bonds. The summed E-state index contributed by atoms with van der Waals surface area (Å²) in [7, 11) is 0. The second-order valence-electron chi connectivity index (χ2n) is 6.28. The highest BCUT2D eigenvalue weighted by Crippen LogP contribution is 2.30. The molecule has 2 atom stereocenters. The van der Waals surface area contributed by atoms with Gasteiger partial charge in [-0.2, -0.15) is 13.2 Å². The first-order valence-electron chi connectivity index (χ1n) is 7.42. The van der Waals surface area contributed by atoms with E-state index in [2.05, 4.69) is 18.7 Å². The van der Waals surface area contributed by atoms with Gasteiger partial charge in [0.2, 0.25) is 0 Å². The molecular weight excluding hydrogens is 277 g/mol. The number of hydrogen-bond acceptors (Lipinski definition) is 2. The van der Waals surface area contributed by atoms with Crippen LogP contribution in [0.3, 0.4) is 0 Å². The lowest BCUT2D eigenvalue weighted by Gasteiger charge is -2.22. The predicted octanol–water partition coefficient (Wildman–Crippen LogP) is 3.68. The fourth-order valence-corrected chi connectivity index (χ4v) is 2.88. The van der Waals surface area contributed by atoms with Gasteiger partial charge in [-0.1, -0.05) is 26.0 Å². The molecule has 0 aliphatic carbocycles. The highest BCUT2D eigenvalue weighted by atomic mass is 19.4. The molecule has 1 fully saturated rings. The van der Waals surface area contributed by atoms with Crippen LogP contribution in [0.15, 0.2) is 24.3 Å². The summed E-state index contributed by atoms with van der Waals surface area (Å²) >= 11 is 0. The lowest BCUT2D eigenvalue weighted by Crippen LogP contribution is -2.31. The topological polar surface area (TPSA) is 29.3 Å². The Bertz CT molecular complexity index is 454. The molecule has 118 valence electrons. The van der Waals surface area contributed by atoms with Gasteiger partial charge in [0.25, 0.3) is 0 Å². The third-order valence-electron chi connectivity index (χ3n) is 4.37. The zero-order chi connectivity index (χ0) is 15.6. The number of hydrogen-bond donors (Lipinski definition) is 1. The Hall–Kier alpha value is -1.07. The van der Waals surface area contributed by atoms with Crippen molar-refractivity contribution in [1.82, 2.24) is 4.90 Å². The predicted molar refractivity (Wildman–Crippen MR) is 77.8 cm³/mol. The zero-order valence-corrected chi connectivity index (χ0v) is 12.5. The van der Waals surface area contributed by atoms with E-state index in [0.29, 0.717) is 18.4 Å². The van der Waals surface area contributed by atoms with Crippen molar-refractivity contribution < 1.29 is 13.2 Å². The summed E-state index contributed by atoms with van der Waals surface area (Å²) < 4.78 is 37.6. The molecule has 0 aromatic heterocycles. The van der Waals surface area contributed by atoms with Crippen molar-refractivity contribution in [1.29, 1.82) is 0 Å². The average molecular weight is 300 g/mol. The van der Waals surface area contributed by atoms with E-state index in [1.807, 2.05) is 0 Å². The van der Waals surface area contributed by atoms with Crippen molar-refractivity contribution in [2.24, 2.45) is 17.6 Å². The van der Waals surface area contributed by atoms with Gasteiger partial charge in [-0.3, -0.25) is 0 Å². The van der Waals surface area contributed by atoms with E-state index in [4.69, 9.17) is 5.73 Å². The second-order valence-corrected chi connectivity index (χ2v) is 6.28. The van der Waals surface area contributed by atoms with Crippen molar-refractivity contribution in [2.45, 2.75) is 32.5 Å². The van der Waals surface area contributed by atoms with E-state index in [1.165, 1.54) is 18.6 Å². The molecule has 2 nitrogen and oxygen atoms in total. The van der Waals surface area contributed by atoms with Gasteiger partial charge in [0.1, 0.15) is 0 Å². The molecule has 5 heteroatoms. The van der Waals surface area contributed by atoms with Crippen molar-refractivity contribution in [3.63, 3.8) is 0 Å². The normalized spacial score (nSPS) is 22.0. The van der Waals surface area contributed by atoms with E-state index < -0.39 is 11.7 Å². The smallest absolute Gasteiger partial charge is 0.323 e. The van der Waals surface area contributed by atoms with Gasteiger partial charge in [-0.15, -0.1) is 0 Å². The SMILES string of the molecule is CC(C)C1CCN(CC(N)c2ccc(C(F)(F)F)cc2)C1. The number of rotatable bonds is 4. The number of halogens is 3. The highest BCUT2D eigenvalue weighted by Gasteiger charge is 2.30. The Morgan fingerprint density at radius 1 is 1.24 bits per heavy atom. The summed E-state index contributed by atoms with van der Waals surface area (Å²) in [6, 6.07) is 4.96. The second kappa shape index (κ2) is 6.36. The Labute approximate surface area is 124 Å². The van der Waals surface area contributed by atoms with Crippen LogP contribution in [0.25, 0.3) is 0 Å². The summed E-state index contributed by atoms with van der Waals surface area (Å²) in [4.78, 5) is 2.31. The van der Waals surface area contributed by atoms with E-state index >= 15 is 0 Å². The van der Waals surface area contributed by atoms with Crippen molar-refractivity contribution in [3.8, 4) is 0 Å². The molecule has 0 saturated carbocycles. The molecule has 1 heterocycles. The Balaban J connectivity index is 1.93. The maximum absolute atomic E-state index is 12.5. The van der Waals surface area contributed by atoms with E-state index in [1.54, 1.807) is 0 Å². The van der Waals surface area contributed by atoms with Gasteiger partial charge in [0.15, 0.2) is 0 Å². The molecule has 1 aliphatic heterocycles. The summed E-state index contributed by atoms with van der Waals surface area (Å²) in [5.74, 6) is 1.36. The minimum Gasteiger partial charge on any atom is -0.323 e. The Morgan fingerprint density at radius 2 is 1.86 bits per heavy atom. The molecule has 1 aromatic rings. The standard InChI is InChI=1S/C16H23F3N2/c1-11(2)13-7-8-21(9-13)10-15(20)12-3-5-14(6-4-12)16(17,18)19/h3-6,11,13,15H,7-10,20H2,1-2H3. The Morgan fingerprint density at radius 3 is 2.33 bits per heavy atom. The summed E-state index contributed by atoms with van der Waals surface area (Å²) in [5.41, 5.74) is 6.27. The third kappa shape index (κ3) is 4.20. The van der Waals surface area contributed by atoms with Crippen LogP contribution in [-0.2, 0) is 6.18 Å². The fourth-order valence-electron chi connectivity index (χ4n) is 2.88. The molecule has 21 heavy (non-hydrogen) atoms. The van der Waals surface area contributed by atoms with Gasteiger partial charge >= 0.3 is 6.18 Å². The molecule has 1 saturated heterocycles. The van der Waals surface area contributed by atoms with Crippen molar-refractivity contribution >= 4 is 0 Å². The van der Waals surface area contributed by atoms with Crippen molar-refractivity contribution in [3.05, 3.63) is 35.4 Å².